The van der Waals surface area contributed by atoms with E-state index in [1.807, 2.05) is 37.3 Å². The Morgan fingerprint density at radius 3 is 2.36 bits per heavy atom. The highest BCUT2D eigenvalue weighted by atomic mass is 19.1. The largest absolute Gasteiger partial charge is 0.431 e. The smallest absolute Gasteiger partial charge is 0.276 e. The third-order valence-electron chi connectivity index (χ3n) is 8.17. The van der Waals surface area contributed by atoms with Crippen molar-refractivity contribution in [3.05, 3.63) is 71.5 Å². The molecule has 208 valence electrons. The van der Waals surface area contributed by atoms with Gasteiger partial charge in [0, 0.05) is 18.4 Å². The fraction of sp³-hybridized carbons (Fsp3) is 0.467. The Morgan fingerprint density at radius 2 is 1.74 bits per heavy atom. The molecule has 2 fully saturated rings. The van der Waals surface area contributed by atoms with E-state index in [1.54, 1.807) is 0 Å². The van der Waals surface area contributed by atoms with E-state index >= 15 is 0 Å². The number of hydrogen-bond acceptors (Lipinski definition) is 5. The topological polar surface area (TPSA) is 92.8 Å². The third kappa shape index (κ3) is 6.78. The third-order valence-corrected chi connectivity index (χ3v) is 8.17. The predicted molar refractivity (Wildman–Crippen MR) is 142 cm³/mol. The number of hydrogen-bond donors (Lipinski definition) is 1. The number of nitrogens with zero attached hydrogens (tertiary/aromatic N) is 2. The van der Waals surface area contributed by atoms with Crippen molar-refractivity contribution in [3.8, 4) is 0 Å². The summed E-state index contributed by atoms with van der Waals surface area (Å²) in [6.07, 6.45) is 6.62. The molecule has 1 aliphatic carbocycles. The second kappa shape index (κ2) is 13.1. The summed E-state index contributed by atoms with van der Waals surface area (Å²) in [5, 5.41) is 3.57. The van der Waals surface area contributed by atoms with Crippen LogP contribution in [0.25, 0.3) is 0 Å². The van der Waals surface area contributed by atoms with E-state index in [0.717, 1.165) is 48.4 Å². The minimum atomic E-state index is -0.683. The van der Waals surface area contributed by atoms with E-state index < -0.39 is 28.2 Å². The van der Waals surface area contributed by atoms with Crippen LogP contribution in [0.2, 0.25) is 0 Å². The van der Waals surface area contributed by atoms with Gasteiger partial charge in [0.25, 0.3) is 5.91 Å². The van der Waals surface area contributed by atoms with Crippen LogP contribution in [0.3, 0.4) is 0 Å². The van der Waals surface area contributed by atoms with Crippen molar-refractivity contribution in [1.29, 1.82) is 0 Å². The van der Waals surface area contributed by atoms with Crippen molar-refractivity contribution in [1.82, 2.24) is 10.4 Å². The standard InChI is InChI=1S/C30H36FN3O5/c1-22-8-7-17-34(22,30(38)32-28(36)25-13-15-27(31)16-14-25)29(37)26(18-23-9-5-6-10-23)19-33(21-35)39-20-24-11-3-2-4-12-24/h2-4,11-16,21-23,26H,5-10,17-20H2,1H3/p+1/t22-,26?,34?/m1/s1. The van der Waals surface area contributed by atoms with Gasteiger partial charge in [-0.05, 0) is 49.1 Å². The lowest BCUT2D eigenvalue weighted by Gasteiger charge is -2.36. The maximum atomic E-state index is 14.3. The van der Waals surface area contributed by atoms with Gasteiger partial charge in [0.05, 0.1) is 19.0 Å². The Labute approximate surface area is 228 Å². The van der Waals surface area contributed by atoms with Gasteiger partial charge >= 0.3 is 11.9 Å². The van der Waals surface area contributed by atoms with Gasteiger partial charge in [0.1, 0.15) is 18.5 Å². The Kier molecular flexibility index (Phi) is 9.59. The summed E-state index contributed by atoms with van der Waals surface area (Å²) < 4.78 is 12.8. The first kappa shape index (κ1) is 28.6. The molecular formula is C30H37FN3O5+. The molecule has 1 saturated heterocycles. The molecule has 39 heavy (non-hydrogen) atoms. The van der Waals surface area contributed by atoms with E-state index in [-0.39, 0.29) is 37.2 Å². The highest BCUT2D eigenvalue weighted by Crippen LogP contribution is 2.36. The number of quaternary nitrogens is 1. The molecule has 8 nitrogen and oxygen atoms in total. The van der Waals surface area contributed by atoms with E-state index in [4.69, 9.17) is 4.84 Å². The molecule has 2 aromatic carbocycles. The summed E-state index contributed by atoms with van der Waals surface area (Å²) in [6.45, 7) is 2.32. The molecule has 4 rings (SSSR count). The normalized spacial score (nSPS) is 21.8. The highest BCUT2D eigenvalue weighted by molar-refractivity contribution is 6.04. The number of hydroxylamine groups is 2. The molecule has 0 bridgehead atoms. The molecule has 0 spiro atoms. The van der Waals surface area contributed by atoms with Crippen molar-refractivity contribution >= 4 is 24.3 Å². The summed E-state index contributed by atoms with van der Waals surface area (Å²) in [6, 6.07) is 13.3. The molecule has 1 saturated carbocycles. The SMILES string of the molecule is C[C@@H]1CCC[N+]1(C(=O)NC(=O)c1ccc(F)cc1)C(=O)C(CC1CCCC1)CN(C=O)OCc1ccccc1. The van der Waals surface area contributed by atoms with E-state index in [0.29, 0.717) is 31.6 Å². The average Bonchev–Trinajstić information content (AvgIpc) is 3.60. The van der Waals surface area contributed by atoms with Crippen LogP contribution in [0.1, 0.15) is 67.8 Å². The van der Waals surface area contributed by atoms with Crippen molar-refractivity contribution in [2.75, 3.05) is 13.1 Å². The maximum absolute atomic E-state index is 14.3. The minimum Gasteiger partial charge on any atom is -0.276 e. The molecule has 1 heterocycles. The van der Waals surface area contributed by atoms with Crippen LogP contribution < -0.4 is 5.32 Å². The summed E-state index contributed by atoms with van der Waals surface area (Å²) in [4.78, 5) is 58.6. The number of halogens is 1. The number of benzene rings is 2. The predicted octanol–water partition coefficient (Wildman–Crippen LogP) is 4.99. The van der Waals surface area contributed by atoms with Crippen molar-refractivity contribution < 1.29 is 32.9 Å². The quantitative estimate of drug-likeness (QED) is 0.261. The van der Waals surface area contributed by atoms with Gasteiger partial charge in [-0.15, -0.1) is 0 Å². The summed E-state index contributed by atoms with van der Waals surface area (Å²) in [7, 11) is 0. The molecule has 2 aromatic rings. The lowest BCUT2D eigenvalue weighted by molar-refractivity contribution is -0.786. The van der Waals surface area contributed by atoms with Crippen LogP contribution in [-0.4, -0.2) is 52.9 Å². The molecule has 2 unspecified atom stereocenters. The number of nitrogens with one attached hydrogen (secondary N) is 1. The molecule has 3 atom stereocenters. The van der Waals surface area contributed by atoms with Crippen molar-refractivity contribution in [2.24, 2.45) is 11.8 Å². The van der Waals surface area contributed by atoms with E-state index in [9.17, 15) is 23.6 Å². The van der Waals surface area contributed by atoms with Gasteiger partial charge in [-0.2, -0.15) is 4.48 Å². The zero-order valence-corrected chi connectivity index (χ0v) is 22.4. The summed E-state index contributed by atoms with van der Waals surface area (Å²) >= 11 is 0. The Morgan fingerprint density at radius 1 is 1.05 bits per heavy atom. The van der Waals surface area contributed by atoms with Crippen molar-refractivity contribution in [3.63, 3.8) is 0 Å². The number of rotatable bonds is 10. The second-order valence-corrected chi connectivity index (χ2v) is 10.7. The van der Waals surface area contributed by atoms with Crippen LogP contribution in [0, 0.1) is 17.7 Å². The van der Waals surface area contributed by atoms with Gasteiger partial charge in [0.2, 0.25) is 6.41 Å². The summed E-state index contributed by atoms with van der Waals surface area (Å²) in [5.74, 6) is -1.79. The first-order valence-corrected chi connectivity index (χ1v) is 13.8. The number of urea groups is 1. The lowest BCUT2D eigenvalue weighted by atomic mass is 9.91. The van der Waals surface area contributed by atoms with Gasteiger partial charge < -0.3 is 0 Å². The first-order valence-electron chi connectivity index (χ1n) is 13.8. The minimum absolute atomic E-state index is 0.0254. The molecule has 0 radical (unpaired) electrons. The van der Waals surface area contributed by atoms with Gasteiger partial charge in [-0.1, -0.05) is 56.0 Å². The Balaban J connectivity index is 1.55. The first-order chi connectivity index (χ1) is 18.8. The number of carbonyl (C=O) groups is 4. The zero-order chi connectivity index (χ0) is 27.8. The number of amides is 5. The van der Waals surface area contributed by atoms with Crippen LogP contribution in [0.5, 0.6) is 0 Å². The lowest BCUT2D eigenvalue weighted by Crippen LogP contribution is -2.65. The van der Waals surface area contributed by atoms with E-state index in [1.165, 1.54) is 12.1 Å². The second-order valence-electron chi connectivity index (χ2n) is 10.7. The molecule has 1 aliphatic heterocycles. The van der Waals surface area contributed by atoms with Gasteiger partial charge in [0.15, 0.2) is 0 Å². The number of likely N-dealkylation sites (tertiary alicyclic amines) is 1. The fourth-order valence-corrected chi connectivity index (χ4v) is 5.98. The molecular weight excluding hydrogens is 501 g/mol. The molecule has 5 amide bonds. The Bertz CT molecular complexity index is 1150. The van der Waals surface area contributed by atoms with Gasteiger partial charge in [-0.25, -0.2) is 24.4 Å². The van der Waals surface area contributed by atoms with Crippen LogP contribution >= 0.6 is 0 Å². The molecule has 1 N–H and O–H groups in total. The summed E-state index contributed by atoms with van der Waals surface area (Å²) in [5.41, 5.74) is 1.02. The van der Waals surface area contributed by atoms with Crippen LogP contribution in [0.4, 0.5) is 9.18 Å². The Hall–Kier alpha value is -3.43. The monoisotopic (exact) mass is 538 g/mol. The molecule has 9 heteroatoms. The van der Waals surface area contributed by atoms with Gasteiger partial charge in [-0.3, -0.25) is 14.4 Å². The molecule has 0 aromatic heterocycles. The maximum Gasteiger partial charge on any atom is 0.431 e. The van der Waals surface area contributed by atoms with Crippen molar-refractivity contribution in [2.45, 2.75) is 64.5 Å². The highest BCUT2D eigenvalue weighted by Gasteiger charge is 2.55. The average molecular weight is 539 g/mol. The van der Waals surface area contributed by atoms with Crippen LogP contribution in [0.15, 0.2) is 54.6 Å². The zero-order valence-electron chi connectivity index (χ0n) is 22.4. The van der Waals surface area contributed by atoms with E-state index in [2.05, 4.69) is 5.32 Å². The number of carbonyl (C=O) groups excluding carboxylic acids is 4. The van der Waals surface area contributed by atoms with Crippen LogP contribution in [-0.2, 0) is 21.0 Å². The number of imide groups is 2. The fourth-order valence-electron chi connectivity index (χ4n) is 5.98. The molecule has 2 aliphatic rings.